The summed E-state index contributed by atoms with van der Waals surface area (Å²) < 4.78 is 26.0. The Morgan fingerprint density at radius 3 is 2.32 bits per heavy atom. The van der Waals surface area contributed by atoms with Gasteiger partial charge in [-0.3, -0.25) is 0 Å². The molecule has 0 spiro atoms. The smallest absolute Gasteiger partial charge is 0.344 e. The molecule has 0 amide bonds. The fraction of sp³-hybridized carbons (Fsp3) is 0.211. The minimum Gasteiger partial charge on any atom is -0.468 e. The maximum absolute atomic E-state index is 12.4. The lowest BCUT2D eigenvalue weighted by Gasteiger charge is -2.08. The largest absolute Gasteiger partial charge is 0.468 e. The average Bonchev–Trinajstić information content (AvgIpc) is 2.64. The van der Waals surface area contributed by atoms with Crippen LogP contribution in [0.5, 0.6) is 11.5 Å². The van der Waals surface area contributed by atoms with Gasteiger partial charge < -0.3 is 23.4 Å². The first-order valence-electron chi connectivity index (χ1n) is 7.63. The molecule has 0 aliphatic heterocycles. The van der Waals surface area contributed by atoms with E-state index in [-0.39, 0.29) is 13.6 Å². The summed E-state index contributed by atoms with van der Waals surface area (Å²) in [6.07, 6.45) is 0. The number of hydrogen-bond donors (Lipinski definition) is 0. The standard InChI is InChI=1S/C19H18O6/c1-21-11-23-15-5-3-4-13(8-15)17-9-14-6-7-16(24-12-22-2)10-18(14)25-19(17)20/h3-10H,11-12H2,1-2H3. The second-order valence-electron chi connectivity index (χ2n) is 5.28. The molecule has 0 atom stereocenters. The van der Waals surface area contributed by atoms with Gasteiger partial charge in [-0.1, -0.05) is 12.1 Å². The molecule has 0 fully saturated rings. The Morgan fingerprint density at radius 2 is 1.60 bits per heavy atom. The first-order valence-corrected chi connectivity index (χ1v) is 7.63. The second kappa shape index (κ2) is 7.83. The van der Waals surface area contributed by atoms with Crippen LogP contribution in [0.15, 0.2) is 57.7 Å². The Morgan fingerprint density at radius 1 is 0.880 bits per heavy atom. The van der Waals surface area contributed by atoms with Crippen molar-refractivity contribution in [3.63, 3.8) is 0 Å². The van der Waals surface area contributed by atoms with E-state index >= 15 is 0 Å². The Hall–Kier alpha value is -2.83. The number of hydrogen-bond acceptors (Lipinski definition) is 6. The molecule has 0 bridgehead atoms. The lowest BCUT2D eigenvalue weighted by Crippen LogP contribution is -2.04. The molecule has 3 rings (SSSR count). The Kier molecular flexibility index (Phi) is 5.33. The van der Waals surface area contributed by atoms with Crippen LogP contribution in [0.4, 0.5) is 0 Å². The first kappa shape index (κ1) is 17.0. The van der Waals surface area contributed by atoms with E-state index in [0.29, 0.717) is 28.2 Å². The molecule has 2 aromatic carbocycles. The third kappa shape index (κ3) is 3.99. The van der Waals surface area contributed by atoms with Crippen molar-refractivity contribution in [3.05, 3.63) is 59.0 Å². The van der Waals surface area contributed by atoms with Crippen LogP contribution >= 0.6 is 0 Å². The summed E-state index contributed by atoms with van der Waals surface area (Å²) >= 11 is 0. The third-order valence-electron chi connectivity index (χ3n) is 3.54. The highest BCUT2D eigenvalue weighted by atomic mass is 16.7. The summed E-state index contributed by atoms with van der Waals surface area (Å²) in [6, 6.07) is 14.3. The average molecular weight is 342 g/mol. The van der Waals surface area contributed by atoms with Crippen molar-refractivity contribution in [2.45, 2.75) is 0 Å². The topological polar surface area (TPSA) is 67.1 Å². The van der Waals surface area contributed by atoms with Crippen molar-refractivity contribution >= 4 is 11.0 Å². The highest BCUT2D eigenvalue weighted by Gasteiger charge is 2.10. The maximum atomic E-state index is 12.4. The summed E-state index contributed by atoms with van der Waals surface area (Å²) in [6.45, 7) is 0.266. The molecule has 6 heteroatoms. The third-order valence-corrected chi connectivity index (χ3v) is 3.54. The van der Waals surface area contributed by atoms with Crippen LogP contribution in [0.2, 0.25) is 0 Å². The molecule has 0 saturated heterocycles. The van der Waals surface area contributed by atoms with Gasteiger partial charge in [0.2, 0.25) is 0 Å². The van der Waals surface area contributed by atoms with Crippen LogP contribution < -0.4 is 15.1 Å². The molecule has 0 saturated carbocycles. The van der Waals surface area contributed by atoms with E-state index in [4.69, 9.17) is 23.4 Å². The second-order valence-corrected chi connectivity index (χ2v) is 5.28. The van der Waals surface area contributed by atoms with E-state index in [1.54, 1.807) is 37.4 Å². The molecule has 1 aromatic heterocycles. The molecule has 3 aromatic rings. The fourth-order valence-electron chi connectivity index (χ4n) is 2.39. The van der Waals surface area contributed by atoms with E-state index in [0.717, 1.165) is 5.39 Å². The number of ether oxygens (including phenoxy) is 4. The van der Waals surface area contributed by atoms with E-state index in [1.165, 1.54) is 7.11 Å². The quantitative estimate of drug-likeness (QED) is 0.484. The number of fused-ring (bicyclic) bond motifs is 1. The molecule has 0 aliphatic rings. The van der Waals surface area contributed by atoms with Crippen molar-refractivity contribution in [3.8, 4) is 22.6 Å². The molecule has 0 radical (unpaired) electrons. The predicted octanol–water partition coefficient (Wildman–Crippen LogP) is 3.43. The molecule has 130 valence electrons. The molecule has 0 unspecified atom stereocenters. The highest BCUT2D eigenvalue weighted by Crippen LogP contribution is 2.26. The normalized spacial score (nSPS) is 10.8. The zero-order valence-electron chi connectivity index (χ0n) is 14.0. The Balaban J connectivity index is 1.97. The maximum Gasteiger partial charge on any atom is 0.344 e. The van der Waals surface area contributed by atoms with E-state index < -0.39 is 5.63 Å². The summed E-state index contributed by atoms with van der Waals surface area (Å²) in [5.74, 6) is 1.18. The van der Waals surface area contributed by atoms with Crippen LogP contribution in [0.1, 0.15) is 0 Å². The highest BCUT2D eigenvalue weighted by molar-refractivity contribution is 5.82. The van der Waals surface area contributed by atoms with Gasteiger partial charge in [-0.15, -0.1) is 0 Å². The molecule has 0 aliphatic carbocycles. The molecular formula is C19H18O6. The van der Waals surface area contributed by atoms with Gasteiger partial charge in [-0.25, -0.2) is 4.79 Å². The van der Waals surface area contributed by atoms with Crippen LogP contribution in [0.25, 0.3) is 22.1 Å². The first-order chi connectivity index (χ1) is 12.2. The fourth-order valence-corrected chi connectivity index (χ4v) is 2.39. The van der Waals surface area contributed by atoms with Crippen molar-refractivity contribution in [2.75, 3.05) is 27.8 Å². The molecule has 25 heavy (non-hydrogen) atoms. The Labute approximate surface area is 144 Å². The lowest BCUT2D eigenvalue weighted by molar-refractivity contribution is 0.0510. The summed E-state index contributed by atoms with van der Waals surface area (Å²) in [5.41, 5.74) is 1.19. The summed E-state index contributed by atoms with van der Waals surface area (Å²) in [5, 5.41) is 0.794. The van der Waals surface area contributed by atoms with Crippen molar-refractivity contribution in [1.82, 2.24) is 0 Å². The van der Waals surface area contributed by atoms with Gasteiger partial charge in [0, 0.05) is 25.7 Å². The van der Waals surface area contributed by atoms with Crippen LogP contribution in [-0.4, -0.2) is 27.8 Å². The molecule has 6 nitrogen and oxygen atoms in total. The van der Waals surface area contributed by atoms with Crippen molar-refractivity contribution in [2.24, 2.45) is 0 Å². The van der Waals surface area contributed by atoms with Crippen LogP contribution in [0.3, 0.4) is 0 Å². The van der Waals surface area contributed by atoms with Crippen molar-refractivity contribution in [1.29, 1.82) is 0 Å². The Bertz CT molecular complexity index is 915. The SMILES string of the molecule is COCOc1cccc(-c2cc3ccc(OCOC)cc3oc2=O)c1. The van der Waals surface area contributed by atoms with Gasteiger partial charge in [0.25, 0.3) is 0 Å². The van der Waals surface area contributed by atoms with Crippen molar-refractivity contribution < 1.29 is 23.4 Å². The van der Waals surface area contributed by atoms with Gasteiger partial charge in [0.15, 0.2) is 13.6 Å². The van der Waals surface area contributed by atoms with E-state index in [2.05, 4.69) is 0 Å². The minimum absolute atomic E-state index is 0.127. The number of benzene rings is 2. The van der Waals surface area contributed by atoms with Gasteiger partial charge in [0.1, 0.15) is 17.1 Å². The number of methoxy groups -OCH3 is 2. The monoisotopic (exact) mass is 342 g/mol. The van der Waals surface area contributed by atoms with Crippen LogP contribution in [-0.2, 0) is 9.47 Å². The zero-order valence-corrected chi connectivity index (χ0v) is 14.0. The molecule has 1 heterocycles. The minimum atomic E-state index is -0.430. The van der Waals surface area contributed by atoms with Crippen LogP contribution in [0, 0.1) is 0 Å². The predicted molar refractivity (Wildman–Crippen MR) is 92.9 cm³/mol. The van der Waals surface area contributed by atoms with Gasteiger partial charge in [0.05, 0.1) is 5.56 Å². The van der Waals surface area contributed by atoms with E-state index in [1.807, 2.05) is 18.2 Å². The number of rotatable bonds is 7. The molecule has 0 N–H and O–H groups in total. The van der Waals surface area contributed by atoms with Gasteiger partial charge in [-0.2, -0.15) is 0 Å². The van der Waals surface area contributed by atoms with Gasteiger partial charge >= 0.3 is 5.63 Å². The zero-order chi connectivity index (χ0) is 17.6. The van der Waals surface area contributed by atoms with Gasteiger partial charge in [-0.05, 0) is 35.9 Å². The van der Waals surface area contributed by atoms with E-state index in [9.17, 15) is 4.79 Å². The summed E-state index contributed by atoms with van der Waals surface area (Å²) in [4.78, 5) is 12.4. The lowest BCUT2D eigenvalue weighted by atomic mass is 10.1. The summed E-state index contributed by atoms with van der Waals surface area (Å²) in [7, 11) is 3.09. The molecular weight excluding hydrogens is 324 g/mol.